The zero-order valence-electron chi connectivity index (χ0n) is 9.45. The minimum absolute atomic E-state index is 0.0447. The van der Waals surface area contributed by atoms with Gasteiger partial charge in [0.2, 0.25) is 5.16 Å². The number of nitrogens with zero attached hydrogens (tertiary/aromatic N) is 4. The average Bonchev–Trinajstić information content (AvgIpc) is 2.77. The molecule has 2 aromatic rings. The molecule has 0 fully saturated rings. The Morgan fingerprint density at radius 1 is 1.53 bits per heavy atom. The van der Waals surface area contributed by atoms with Crippen molar-refractivity contribution < 1.29 is 14.3 Å². The minimum Gasteiger partial charge on any atom is -0.480 e. The maximum Gasteiger partial charge on any atom is 0.325 e. The first-order valence-corrected chi connectivity index (χ1v) is 6.47. The molecule has 0 unspecified atom stereocenters. The summed E-state index contributed by atoms with van der Waals surface area (Å²) in [6.45, 7) is -0.306. The van der Waals surface area contributed by atoms with Gasteiger partial charge in [-0.25, -0.2) is 9.07 Å². The molecule has 19 heavy (non-hydrogen) atoms. The van der Waals surface area contributed by atoms with Crippen LogP contribution in [0.4, 0.5) is 4.39 Å². The van der Waals surface area contributed by atoms with Crippen molar-refractivity contribution in [1.82, 2.24) is 20.2 Å². The topological polar surface area (TPSA) is 80.9 Å². The number of rotatable bonds is 5. The molecule has 6 nitrogen and oxygen atoms in total. The average molecular weight is 303 g/mol. The van der Waals surface area contributed by atoms with Crippen LogP contribution in [0.5, 0.6) is 0 Å². The van der Waals surface area contributed by atoms with E-state index in [9.17, 15) is 9.18 Å². The summed E-state index contributed by atoms with van der Waals surface area (Å²) in [6.07, 6.45) is 0. The van der Waals surface area contributed by atoms with Gasteiger partial charge in [-0.2, -0.15) is 0 Å². The van der Waals surface area contributed by atoms with Crippen LogP contribution in [-0.2, 0) is 17.1 Å². The van der Waals surface area contributed by atoms with Gasteiger partial charge in [-0.05, 0) is 28.1 Å². The molecule has 1 heterocycles. The number of aromatic nitrogens is 4. The molecule has 9 heteroatoms. The van der Waals surface area contributed by atoms with Crippen molar-refractivity contribution in [3.05, 3.63) is 34.6 Å². The van der Waals surface area contributed by atoms with Gasteiger partial charge in [0.05, 0.1) is 5.02 Å². The predicted molar refractivity (Wildman–Crippen MR) is 66.4 cm³/mol. The maximum absolute atomic E-state index is 13.0. The Kier molecular flexibility index (Phi) is 4.33. The Morgan fingerprint density at radius 2 is 2.32 bits per heavy atom. The molecule has 0 atom stereocenters. The van der Waals surface area contributed by atoms with Crippen LogP contribution in [0.1, 0.15) is 5.56 Å². The van der Waals surface area contributed by atoms with E-state index in [1.54, 1.807) is 6.07 Å². The van der Waals surface area contributed by atoms with E-state index in [-0.39, 0.29) is 11.6 Å². The van der Waals surface area contributed by atoms with E-state index in [2.05, 4.69) is 15.5 Å². The van der Waals surface area contributed by atoms with Crippen molar-refractivity contribution in [2.75, 3.05) is 0 Å². The first-order chi connectivity index (χ1) is 9.06. The Balaban J connectivity index is 2.04. The fourth-order valence-corrected chi connectivity index (χ4v) is 2.33. The van der Waals surface area contributed by atoms with Gasteiger partial charge in [-0.3, -0.25) is 4.79 Å². The highest BCUT2D eigenvalue weighted by atomic mass is 35.5. The molecule has 1 aromatic carbocycles. The van der Waals surface area contributed by atoms with Gasteiger partial charge in [-0.1, -0.05) is 29.4 Å². The number of halogens is 2. The van der Waals surface area contributed by atoms with Crippen molar-refractivity contribution in [2.45, 2.75) is 17.5 Å². The molecule has 0 radical (unpaired) electrons. The SMILES string of the molecule is O=C(O)Cn1nnnc1SCc1ccc(F)c(Cl)c1. The summed E-state index contributed by atoms with van der Waals surface area (Å²) >= 11 is 6.91. The lowest BCUT2D eigenvalue weighted by atomic mass is 10.2. The number of carboxylic acid groups (broad SMARTS) is 1. The number of aliphatic carboxylic acids is 1. The lowest BCUT2D eigenvalue weighted by Gasteiger charge is -2.03. The fraction of sp³-hybridized carbons (Fsp3) is 0.200. The summed E-state index contributed by atoms with van der Waals surface area (Å²) in [4.78, 5) is 10.6. The van der Waals surface area contributed by atoms with Gasteiger partial charge in [-0.15, -0.1) is 5.10 Å². The van der Waals surface area contributed by atoms with Crippen LogP contribution in [0.2, 0.25) is 5.02 Å². The van der Waals surface area contributed by atoms with Crippen molar-refractivity contribution >= 4 is 29.3 Å². The quantitative estimate of drug-likeness (QED) is 0.849. The minimum atomic E-state index is -1.03. The fourth-order valence-electron chi connectivity index (χ4n) is 1.30. The second kappa shape index (κ2) is 5.98. The zero-order chi connectivity index (χ0) is 13.8. The van der Waals surface area contributed by atoms with Crippen molar-refractivity contribution in [3.8, 4) is 0 Å². The molecule has 0 saturated heterocycles. The monoisotopic (exact) mass is 302 g/mol. The molecule has 0 aliphatic carbocycles. The number of tetrazole rings is 1. The summed E-state index contributed by atoms with van der Waals surface area (Å²) in [5.41, 5.74) is 0.793. The second-order valence-electron chi connectivity index (χ2n) is 3.55. The lowest BCUT2D eigenvalue weighted by Crippen LogP contribution is -2.11. The molecule has 0 aliphatic heterocycles. The van der Waals surface area contributed by atoms with E-state index in [0.29, 0.717) is 10.9 Å². The van der Waals surface area contributed by atoms with Crippen LogP contribution in [-0.4, -0.2) is 31.3 Å². The van der Waals surface area contributed by atoms with Crippen LogP contribution in [0.15, 0.2) is 23.4 Å². The van der Waals surface area contributed by atoms with Crippen LogP contribution in [0, 0.1) is 5.82 Å². The Labute approximate surface area is 116 Å². The predicted octanol–water partition coefficient (Wildman–Crippen LogP) is 1.84. The molecule has 1 N–H and O–H groups in total. The van der Waals surface area contributed by atoms with E-state index in [1.807, 2.05) is 0 Å². The summed E-state index contributed by atoms with van der Waals surface area (Å²) in [5, 5.41) is 19.8. The highest BCUT2D eigenvalue weighted by Gasteiger charge is 2.10. The van der Waals surface area contributed by atoms with Crippen LogP contribution in [0.25, 0.3) is 0 Å². The van der Waals surface area contributed by atoms with Gasteiger partial charge < -0.3 is 5.11 Å². The number of thioether (sulfide) groups is 1. The smallest absolute Gasteiger partial charge is 0.325 e. The Morgan fingerprint density at radius 3 is 3.00 bits per heavy atom. The van der Waals surface area contributed by atoms with Gasteiger partial charge in [0.1, 0.15) is 12.4 Å². The van der Waals surface area contributed by atoms with Gasteiger partial charge in [0.15, 0.2) is 0 Å². The third-order valence-corrected chi connectivity index (χ3v) is 3.45. The van der Waals surface area contributed by atoms with Crippen LogP contribution in [0.3, 0.4) is 0 Å². The van der Waals surface area contributed by atoms with E-state index in [0.717, 1.165) is 5.56 Å². The summed E-state index contributed by atoms with van der Waals surface area (Å²) in [7, 11) is 0. The third-order valence-electron chi connectivity index (χ3n) is 2.14. The first kappa shape index (κ1) is 13.8. The molecule has 2 rings (SSSR count). The highest BCUT2D eigenvalue weighted by Crippen LogP contribution is 2.23. The summed E-state index contributed by atoms with van der Waals surface area (Å²) in [6, 6.07) is 4.38. The normalized spacial score (nSPS) is 10.6. The van der Waals surface area contributed by atoms with E-state index < -0.39 is 11.8 Å². The molecule has 0 spiro atoms. The highest BCUT2D eigenvalue weighted by molar-refractivity contribution is 7.98. The third kappa shape index (κ3) is 3.65. The van der Waals surface area contributed by atoms with E-state index in [4.69, 9.17) is 16.7 Å². The van der Waals surface area contributed by atoms with E-state index >= 15 is 0 Å². The Hall–Kier alpha value is -1.67. The number of benzene rings is 1. The zero-order valence-corrected chi connectivity index (χ0v) is 11.0. The van der Waals surface area contributed by atoms with E-state index in [1.165, 1.54) is 28.6 Å². The molecular formula is C10H8ClFN4O2S. The molecule has 0 amide bonds. The molecule has 100 valence electrons. The molecule has 1 aromatic heterocycles. The molecule has 0 saturated carbocycles. The summed E-state index contributed by atoms with van der Waals surface area (Å²) in [5.74, 6) is -1.05. The van der Waals surface area contributed by atoms with Crippen LogP contribution < -0.4 is 0 Å². The standard InChI is InChI=1S/C10H8ClFN4O2S/c11-7-3-6(1-2-8(7)12)5-19-10-13-14-15-16(10)4-9(17)18/h1-3H,4-5H2,(H,17,18). The number of hydrogen-bond acceptors (Lipinski definition) is 5. The maximum atomic E-state index is 13.0. The van der Waals surface area contributed by atoms with Gasteiger partial charge in [0, 0.05) is 5.75 Å². The summed E-state index contributed by atoms with van der Waals surface area (Å²) < 4.78 is 14.2. The van der Waals surface area contributed by atoms with Crippen LogP contribution >= 0.6 is 23.4 Å². The van der Waals surface area contributed by atoms with Crippen molar-refractivity contribution in [3.63, 3.8) is 0 Å². The van der Waals surface area contributed by atoms with Gasteiger partial charge >= 0.3 is 5.97 Å². The first-order valence-electron chi connectivity index (χ1n) is 5.11. The van der Waals surface area contributed by atoms with Gasteiger partial charge in [0.25, 0.3) is 0 Å². The second-order valence-corrected chi connectivity index (χ2v) is 4.90. The molecule has 0 aliphatic rings. The Bertz CT molecular complexity index is 607. The number of hydrogen-bond donors (Lipinski definition) is 1. The van der Waals surface area contributed by atoms with Crippen molar-refractivity contribution in [2.24, 2.45) is 0 Å². The lowest BCUT2D eigenvalue weighted by molar-refractivity contribution is -0.138. The van der Waals surface area contributed by atoms with Crippen molar-refractivity contribution in [1.29, 1.82) is 0 Å². The number of carbonyl (C=O) groups is 1. The largest absolute Gasteiger partial charge is 0.480 e. The molecule has 0 bridgehead atoms. The number of carboxylic acids is 1. The molecular weight excluding hydrogens is 295 g/mol.